The van der Waals surface area contributed by atoms with Crippen molar-refractivity contribution in [3.63, 3.8) is 0 Å². The molecule has 1 aliphatic heterocycles. The molecule has 1 heterocycles. The molecule has 5 nitrogen and oxygen atoms in total. The summed E-state index contributed by atoms with van der Waals surface area (Å²) < 4.78 is 26.4. The van der Waals surface area contributed by atoms with Gasteiger partial charge in [0.15, 0.2) is 0 Å². The van der Waals surface area contributed by atoms with E-state index in [4.69, 9.17) is 11.6 Å². The standard InChI is InChI=1S/C15H19ClN2O3S/c16-14-5-1-12(2-6-14)11-22(20,21)18-9-7-17(8-10-18)15(19)13-3-4-13/h1-2,5-6,13H,3-4,7-11H2. The first-order chi connectivity index (χ1) is 10.5. The molecule has 2 fully saturated rings. The summed E-state index contributed by atoms with van der Waals surface area (Å²) in [5.41, 5.74) is 0.723. The fourth-order valence-electron chi connectivity index (χ4n) is 2.66. The van der Waals surface area contributed by atoms with Crippen molar-refractivity contribution in [3.05, 3.63) is 34.9 Å². The third-order valence-corrected chi connectivity index (χ3v) is 6.23. The van der Waals surface area contributed by atoms with Crippen molar-refractivity contribution in [2.24, 2.45) is 5.92 Å². The largest absolute Gasteiger partial charge is 0.340 e. The highest BCUT2D eigenvalue weighted by Crippen LogP contribution is 2.31. The molecule has 0 bridgehead atoms. The van der Waals surface area contributed by atoms with E-state index in [1.807, 2.05) is 0 Å². The molecule has 120 valence electrons. The van der Waals surface area contributed by atoms with Crippen LogP contribution in [0, 0.1) is 5.92 Å². The number of hydrogen-bond acceptors (Lipinski definition) is 3. The van der Waals surface area contributed by atoms with Crippen LogP contribution in [0.15, 0.2) is 24.3 Å². The first kappa shape index (κ1) is 15.8. The molecule has 1 saturated carbocycles. The first-order valence-electron chi connectivity index (χ1n) is 7.47. The molecule has 0 spiro atoms. The van der Waals surface area contributed by atoms with Gasteiger partial charge in [0, 0.05) is 37.1 Å². The number of hydrogen-bond donors (Lipinski definition) is 0. The average molecular weight is 343 g/mol. The van der Waals surface area contributed by atoms with Gasteiger partial charge in [-0.1, -0.05) is 23.7 Å². The number of carbonyl (C=O) groups is 1. The second-order valence-electron chi connectivity index (χ2n) is 5.88. The molecular weight excluding hydrogens is 324 g/mol. The maximum atomic E-state index is 12.5. The topological polar surface area (TPSA) is 57.7 Å². The summed E-state index contributed by atoms with van der Waals surface area (Å²) in [6.45, 7) is 1.76. The second-order valence-corrected chi connectivity index (χ2v) is 8.29. The maximum Gasteiger partial charge on any atom is 0.225 e. The fraction of sp³-hybridized carbons (Fsp3) is 0.533. The van der Waals surface area contributed by atoms with E-state index in [1.165, 1.54) is 4.31 Å². The van der Waals surface area contributed by atoms with E-state index in [0.717, 1.165) is 18.4 Å². The molecule has 1 saturated heterocycles. The summed E-state index contributed by atoms with van der Waals surface area (Å²) in [6.07, 6.45) is 1.96. The van der Waals surface area contributed by atoms with Crippen molar-refractivity contribution in [2.75, 3.05) is 26.2 Å². The highest BCUT2D eigenvalue weighted by atomic mass is 35.5. The van der Waals surface area contributed by atoms with Gasteiger partial charge in [0.05, 0.1) is 5.75 Å². The van der Waals surface area contributed by atoms with Crippen LogP contribution in [0.3, 0.4) is 0 Å². The van der Waals surface area contributed by atoms with Gasteiger partial charge in [0.2, 0.25) is 15.9 Å². The number of amides is 1. The van der Waals surface area contributed by atoms with Crippen molar-refractivity contribution in [1.29, 1.82) is 0 Å². The van der Waals surface area contributed by atoms with Crippen LogP contribution in [0.4, 0.5) is 0 Å². The normalized spacial score (nSPS) is 20.1. The summed E-state index contributed by atoms with van der Waals surface area (Å²) in [7, 11) is -3.35. The minimum absolute atomic E-state index is 0.0270. The zero-order chi connectivity index (χ0) is 15.7. The van der Waals surface area contributed by atoms with E-state index < -0.39 is 10.0 Å². The molecule has 1 aromatic carbocycles. The van der Waals surface area contributed by atoms with Crippen LogP contribution in [0.2, 0.25) is 5.02 Å². The van der Waals surface area contributed by atoms with E-state index >= 15 is 0 Å². The molecule has 2 aliphatic rings. The molecule has 1 aromatic rings. The zero-order valence-electron chi connectivity index (χ0n) is 12.2. The van der Waals surface area contributed by atoms with Gasteiger partial charge >= 0.3 is 0 Å². The van der Waals surface area contributed by atoms with Crippen molar-refractivity contribution < 1.29 is 13.2 Å². The maximum absolute atomic E-state index is 12.5. The Balaban J connectivity index is 1.59. The van der Waals surface area contributed by atoms with Gasteiger partial charge < -0.3 is 4.90 Å². The Labute approximate surface area is 135 Å². The summed E-state index contributed by atoms with van der Waals surface area (Å²) >= 11 is 5.81. The van der Waals surface area contributed by atoms with Gasteiger partial charge in [-0.2, -0.15) is 4.31 Å². The predicted molar refractivity (Wildman–Crippen MR) is 85.0 cm³/mol. The van der Waals surface area contributed by atoms with E-state index in [9.17, 15) is 13.2 Å². The average Bonchev–Trinajstić information content (AvgIpc) is 3.34. The smallest absolute Gasteiger partial charge is 0.225 e. The molecule has 7 heteroatoms. The van der Waals surface area contributed by atoms with Crippen LogP contribution in [0.5, 0.6) is 0 Å². The molecule has 1 aliphatic carbocycles. The third kappa shape index (κ3) is 3.62. The molecule has 0 aromatic heterocycles. The predicted octanol–water partition coefficient (Wildman–Crippen LogP) is 1.72. The first-order valence-corrected chi connectivity index (χ1v) is 9.45. The number of sulfonamides is 1. The lowest BCUT2D eigenvalue weighted by Crippen LogP contribution is -2.51. The molecule has 3 rings (SSSR count). The Bertz CT molecular complexity index is 648. The van der Waals surface area contributed by atoms with Gasteiger partial charge in [-0.25, -0.2) is 8.42 Å². The molecule has 0 atom stereocenters. The zero-order valence-corrected chi connectivity index (χ0v) is 13.8. The third-order valence-electron chi connectivity index (χ3n) is 4.13. The van der Waals surface area contributed by atoms with Gasteiger partial charge in [0.25, 0.3) is 0 Å². The number of rotatable bonds is 4. The number of halogens is 1. The van der Waals surface area contributed by atoms with Crippen LogP contribution < -0.4 is 0 Å². The minimum atomic E-state index is -3.35. The Morgan fingerprint density at radius 1 is 1.09 bits per heavy atom. The van der Waals surface area contributed by atoms with Crippen LogP contribution in [-0.4, -0.2) is 49.7 Å². The number of benzene rings is 1. The lowest BCUT2D eigenvalue weighted by Gasteiger charge is -2.34. The van der Waals surface area contributed by atoms with Crippen molar-refractivity contribution in [3.8, 4) is 0 Å². The van der Waals surface area contributed by atoms with E-state index in [-0.39, 0.29) is 17.6 Å². The Morgan fingerprint density at radius 3 is 2.23 bits per heavy atom. The van der Waals surface area contributed by atoms with Crippen molar-refractivity contribution in [2.45, 2.75) is 18.6 Å². The van der Waals surface area contributed by atoms with Crippen molar-refractivity contribution >= 4 is 27.5 Å². The summed E-state index contributed by atoms with van der Waals surface area (Å²) in [5.74, 6) is 0.354. The van der Waals surface area contributed by atoms with Crippen LogP contribution in [-0.2, 0) is 20.6 Å². The molecule has 1 amide bonds. The SMILES string of the molecule is O=C(C1CC1)N1CCN(S(=O)(=O)Cc2ccc(Cl)cc2)CC1. The Kier molecular flexibility index (Phi) is 4.43. The molecule has 0 radical (unpaired) electrons. The highest BCUT2D eigenvalue weighted by molar-refractivity contribution is 7.88. The highest BCUT2D eigenvalue weighted by Gasteiger charge is 2.36. The second kappa shape index (κ2) is 6.18. The summed E-state index contributed by atoms with van der Waals surface area (Å²) in [6, 6.07) is 6.84. The van der Waals surface area contributed by atoms with Gasteiger partial charge in [-0.15, -0.1) is 0 Å². The summed E-state index contributed by atoms with van der Waals surface area (Å²) in [4.78, 5) is 13.8. The summed E-state index contributed by atoms with van der Waals surface area (Å²) in [5, 5.41) is 0.591. The van der Waals surface area contributed by atoms with Crippen LogP contribution in [0.1, 0.15) is 18.4 Å². The quantitative estimate of drug-likeness (QED) is 0.837. The lowest BCUT2D eigenvalue weighted by molar-refractivity contribution is -0.133. The van der Waals surface area contributed by atoms with E-state index in [1.54, 1.807) is 29.2 Å². The Morgan fingerprint density at radius 2 is 1.68 bits per heavy atom. The Hall–Kier alpha value is -1.11. The van der Waals surface area contributed by atoms with E-state index in [0.29, 0.717) is 31.2 Å². The van der Waals surface area contributed by atoms with Gasteiger partial charge in [-0.05, 0) is 30.5 Å². The fourth-order valence-corrected chi connectivity index (χ4v) is 4.30. The van der Waals surface area contributed by atoms with Crippen LogP contribution >= 0.6 is 11.6 Å². The van der Waals surface area contributed by atoms with Crippen LogP contribution in [0.25, 0.3) is 0 Å². The van der Waals surface area contributed by atoms with Gasteiger partial charge in [0.1, 0.15) is 0 Å². The van der Waals surface area contributed by atoms with Crippen molar-refractivity contribution in [1.82, 2.24) is 9.21 Å². The number of carbonyl (C=O) groups excluding carboxylic acids is 1. The monoisotopic (exact) mass is 342 g/mol. The molecule has 0 N–H and O–H groups in total. The minimum Gasteiger partial charge on any atom is -0.340 e. The molecular formula is C15H19ClN2O3S. The van der Waals surface area contributed by atoms with E-state index in [2.05, 4.69) is 0 Å². The molecule has 22 heavy (non-hydrogen) atoms. The van der Waals surface area contributed by atoms with Gasteiger partial charge in [-0.3, -0.25) is 4.79 Å². The lowest BCUT2D eigenvalue weighted by atomic mass is 10.2. The number of piperazine rings is 1. The molecule has 0 unspecified atom stereocenters. The number of nitrogens with zero attached hydrogens (tertiary/aromatic N) is 2.